The maximum atomic E-state index is 13.0. The molecule has 13 N–H and O–H groups in total. The number of aliphatic carboxylic acids is 1. The molecule has 0 saturated carbocycles. The Bertz CT molecular complexity index is 1010. The first-order chi connectivity index (χ1) is 18.3. The van der Waals surface area contributed by atoms with Crippen molar-refractivity contribution in [2.45, 2.75) is 69.3 Å². The molecular formula is C24H38N8O7. The Morgan fingerprint density at radius 3 is 2.05 bits per heavy atom. The van der Waals surface area contributed by atoms with E-state index in [1.165, 1.54) is 6.92 Å². The van der Waals surface area contributed by atoms with Crippen LogP contribution in [0.1, 0.15) is 38.2 Å². The summed E-state index contributed by atoms with van der Waals surface area (Å²) < 4.78 is 0. The van der Waals surface area contributed by atoms with Gasteiger partial charge in [0.15, 0.2) is 5.96 Å². The van der Waals surface area contributed by atoms with Gasteiger partial charge in [0, 0.05) is 19.4 Å². The minimum absolute atomic E-state index is 0.0359. The van der Waals surface area contributed by atoms with Crippen LogP contribution >= 0.6 is 0 Å². The van der Waals surface area contributed by atoms with E-state index in [1.54, 1.807) is 30.3 Å². The normalized spacial score (nSPS) is 14.5. The van der Waals surface area contributed by atoms with Gasteiger partial charge in [-0.25, -0.2) is 4.79 Å². The topological polar surface area (TPSA) is 278 Å². The zero-order valence-electron chi connectivity index (χ0n) is 21.7. The molecule has 0 aromatic heterocycles. The molecule has 216 valence electrons. The standard InChI is InChI=1S/C24H38N8O7/c1-13(33)19(32-20(35)15(25)8-5-11-29-24(27)28)22(37)30-16(9-10-18(26)34)21(36)31-17(23(38)39)12-14-6-3-2-4-7-14/h2-4,6-7,13,15-17,19,33H,5,8-12,25H2,1H3,(H2,26,34)(H,30,37)(H,31,36)(H,32,35)(H,38,39)(H4,27,28,29). The zero-order chi connectivity index (χ0) is 29.5. The number of hydrogen-bond donors (Lipinski definition) is 9. The van der Waals surface area contributed by atoms with E-state index in [-0.39, 0.29) is 38.2 Å². The van der Waals surface area contributed by atoms with Crippen LogP contribution in [0.4, 0.5) is 0 Å². The fraction of sp³-hybridized carbons (Fsp3) is 0.500. The molecule has 39 heavy (non-hydrogen) atoms. The molecule has 0 aliphatic heterocycles. The van der Waals surface area contributed by atoms with Gasteiger partial charge in [0.25, 0.3) is 0 Å². The lowest BCUT2D eigenvalue weighted by atomic mass is 10.0. The van der Waals surface area contributed by atoms with Gasteiger partial charge in [-0.05, 0) is 31.7 Å². The Balaban J connectivity index is 2.93. The number of carboxylic acids is 1. The van der Waals surface area contributed by atoms with Gasteiger partial charge in [-0.3, -0.25) is 24.2 Å². The van der Waals surface area contributed by atoms with Gasteiger partial charge in [-0.1, -0.05) is 30.3 Å². The number of amides is 4. The molecule has 0 fully saturated rings. The Morgan fingerprint density at radius 1 is 0.897 bits per heavy atom. The maximum absolute atomic E-state index is 13.0. The number of rotatable bonds is 17. The molecule has 5 atom stereocenters. The van der Waals surface area contributed by atoms with Gasteiger partial charge in [-0.15, -0.1) is 0 Å². The molecule has 0 aliphatic carbocycles. The van der Waals surface area contributed by atoms with Crippen molar-refractivity contribution in [3.8, 4) is 0 Å². The third-order valence-corrected chi connectivity index (χ3v) is 5.58. The van der Waals surface area contributed by atoms with Crippen molar-refractivity contribution < 1.29 is 34.2 Å². The average Bonchev–Trinajstić information content (AvgIpc) is 2.86. The number of carbonyl (C=O) groups excluding carboxylic acids is 4. The largest absolute Gasteiger partial charge is 0.480 e. The lowest BCUT2D eigenvalue weighted by Crippen LogP contribution is -2.60. The van der Waals surface area contributed by atoms with Crippen LogP contribution < -0.4 is 38.9 Å². The smallest absolute Gasteiger partial charge is 0.326 e. The van der Waals surface area contributed by atoms with Crippen LogP contribution in [0.2, 0.25) is 0 Å². The number of benzene rings is 1. The number of carbonyl (C=O) groups is 5. The minimum Gasteiger partial charge on any atom is -0.480 e. The van der Waals surface area contributed by atoms with Crippen LogP contribution in [0, 0.1) is 0 Å². The van der Waals surface area contributed by atoms with Gasteiger partial charge in [0.1, 0.15) is 18.1 Å². The highest BCUT2D eigenvalue weighted by molar-refractivity contribution is 5.94. The number of nitrogens with zero attached hydrogens (tertiary/aromatic N) is 1. The van der Waals surface area contributed by atoms with Gasteiger partial charge in [-0.2, -0.15) is 0 Å². The summed E-state index contributed by atoms with van der Waals surface area (Å²) in [5, 5.41) is 26.8. The number of primary amides is 1. The SMILES string of the molecule is CC(O)C(NC(=O)C(N)CCCN=C(N)N)C(=O)NC(CCC(N)=O)C(=O)NC(Cc1ccccc1)C(=O)O. The predicted molar refractivity (Wildman–Crippen MR) is 142 cm³/mol. The number of aliphatic hydroxyl groups excluding tert-OH is 1. The quantitative estimate of drug-likeness (QED) is 0.0531. The van der Waals surface area contributed by atoms with Crippen LogP contribution in [0.25, 0.3) is 0 Å². The molecule has 15 heteroatoms. The van der Waals surface area contributed by atoms with Crippen molar-refractivity contribution >= 4 is 35.6 Å². The molecule has 0 spiro atoms. The van der Waals surface area contributed by atoms with E-state index >= 15 is 0 Å². The summed E-state index contributed by atoms with van der Waals surface area (Å²) in [4.78, 5) is 65.3. The van der Waals surface area contributed by atoms with Gasteiger partial charge < -0.3 is 49.1 Å². The second-order valence-corrected chi connectivity index (χ2v) is 8.94. The molecule has 5 unspecified atom stereocenters. The van der Waals surface area contributed by atoms with Crippen molar-refractivity contribution in [3.63, 3.8) is 0 Å². The van der Waals surface area contributed by atoms with Crippen LogP contribution in [-0.4, -0.2) is 82.6 Å². The van der Waals surface area contributed by atoms with E-state index in [2.05, 4.69) is 20.9 Å². The third-order valence-electron chi connectivity index (χ3n) is 5.58. The number of hydrogen-bond acceptors (Lipinski definition) is 8. The molecule has 15 nitrogen and oxygen atoms in total. The Labute approximate surface area is 225 Å². The van der Waals surface area contributed by atoms with Crippen molar-refractivity contribution in [2.24, 2.45) is 27.9 Å². The van der Waals surface area contributed by atoms with E-state index in [0.717, 1.165) is 0 Å². The number of guanidine groups is 1. The second kappa shape index (κ2) is 16.6. The predicted octanol–water partition coefficient (Wildman–Crippen LogP) is -3.20. The molecular weight excluding hydrogens is 512 g/mol. The summed E-state index contributed by atoms with van der Waals surface area (Å²) in [5.74, 6) is -4.76. The minimum atomic E-state index is -1.51. The molecule has 4 amide bonds. The Hall–Kier alpha value is -4.24. The summed E-state index contributed by atoms with van der Waals surface area (Å²) in [6.07, 6.45) is -1.44. The van der Waals surface area contributed by atoms with E-state index < -0.39 is 59.9 Å². The van der Waals surface area contributed by atoms with E-state index in [9.17, 15) is 34.2 Å². The number of carboxylic acid groups (broad SMARTS) is 1. The first kappa shape index (κ1) is 32.8. The van der Waals surface area contributed by atoms with E-state index in [1.807, 2.05) is 0 Å². The van der Waals surface area contributed by atoms with E-state index in [4.69, 9.17) is 22.9 Å². The highest BCUT2D eigenvalue weighted by atomic mass is 16.4. The molecule has 1 aromatic carbocycles. The van der Waals surface area contributed by atoms with Gasteiger partial charge >= 0.3 is 5.97 Å². The first-order valence-corrected chi connectivity index (χ1v) is 12.3. The van der Waals surface area contributed by atoms with Crippen LogP contribution in [-0.2, 0) is 30.4 Å². The van der Waals surface area contributed by atoms with Gasteiger partial charge in [0.2, 0.25) is 23.6 Å². The van der Waals surface area contributed by atoms with Crippen molar-refractivity contribution in [3.05, 3.63) is 35.9 Å². The summed E-state index contributed by atoms with van der Waals surface area (Å²) in [6.45, 7) is 1.48. The number of nitrogens with two attached hydrogens (primary N) is 4. The zero-order valence-corrected chi connectivity index (χ0v) is 21.7. The number of aliphatic imine (C=N–C) groups is 1. The summed E-state index contributed by atoms with van der Waals surface area (Å²) >= 11 is 0. The highest BCUT2D eigenvalue weighted by Gasteiger charge is 2.32. The molecule has 0 bridgehead atoms. The fourth-order valence-corrected chi connectivity index (χ4v) is 3.46. The number of nitrogens with one attached hydrogen (secondary N) is 3. The average molecular weight is 551 g/mol. The molecule has 0 heterocycles. The molecule has 1 rings (SSSR count). The lowest BCUT2D eigenvalue weighted by molar-refractivity contribution is -0.142. The highest BCUT2D eigenvalue weighted by Crippen LogP contribution is 2.07. The van der Waals surface area contributed by atoms with Crippen LogP contribution in [0.15, 0.2) is 35.3 Å². The summed E-state index contributed by atoms with van der Waals surface area (Å²) in [6, 6.07) is 3.28. The lowest BCUT2D eigenvalue weighted by Gasteiger charge is -2.26. The summed E-state index contributed by atoms with van der Waals surface area (Å²) in [5.41, 5.74) is 22.2. The van der Waals surface area contributed by atoms with Gasteiger partial charge in [0.05, 0.1) is 12.1 Å². The molecule has 1 aromatic rings. The van der Waals surface area contributed by atoms with Crippen molar-refractivity contribution in [1.29, 1.82) is 0 Å². The molecule has 0 radical (unpaired) electrons. The monoisotopic (exact) mass is 550 g/mol. The molecule has 0 aliphatic rings. The van der Waals surface area contributed by atoms with Crippen molar-refractivity contribution in [1.82, 2.24) is 16.0 Å². The van der Waals surface area contributed by atoms with Crippen LogP contribution in [0.5, 0.6) is 0 Å². The maximum Gasteiger partial charge on any atom is 0.326 e. The van der Waals surface area contributed by atoms with E-state index in [0.29, 0.717) is 12.0 Å². The first-order valence-electron chi connectivity index (χ1n) is 12.3. The van der Waals surface area contributed by atoms with Crippen molar-refractivity contribution in [2.75, 3.05) is 6.54 Å². The molecule has 0 saturated heterocycles. The Morgan fingerprint density at radius 2 is 1.51 bits per heavy atom. The Kier molecular flexibility index (Phi) is 13.9. The fourth-order valence-electron chi connectivity index (χ4n) is 3.46. The summed E-state index contributed by atoms with van der Waals surface area (Å²) in [7, 11) is 0. The second-order valence-electron chi connectivity index (χ2n) is 8.94. The van der Waals surface area contributed by atoms with Crippen LogP contribution in [0.3, 0.4) is 0 Å². The third kappa shape index (κ3) is 12.7. The number of aliphatic hydroxyl groups is 1.